The topological polar surface area (TPSA) is 113 Å². The number of amides is 1. The number of hydrogen-bond donors (Lipinski definition) is 2. The average Bonchev–Trinajstić information content (AvgIpc) is 3.24. The first-order valence-electron chi connectivity index (χ1n) is 8.82. The van der Waals surface area contributed by atoms with Gasteiger partial charge in [-0.1, -0.05) is 30.3 Å². The third kappa shape index (κ3) is 5.31. The number of nitrogens with one attached hydrogen (secondary N) is 1. The van der Waals surface area contributed by atoms with Gasteiger partial charge < -0.3 is 19.6 Å². The summed E-state index contributed by atoms with van der Waals surface area (Å²) >= 11 is 0. The molecule has 1 unspecified atom stereocenters. The summed E-state index contributed by atoms with van der Waals surface area (Å²) in [6.45, 7) is 0.0588. The van der Waals surface area contributed by atoms with Crippen molar-refractivity contribution in [1.29, 1.82) is 5.26 Å². The third-order valence-electron chi connectivity index (χ3n) is 4.13. The molecular formula is C22H18N2O5. The van der Waals surface area contributed by atoms with E-state index in [1.807, 2.05) is 36.4 Å². The van der Waals surface area contributed by atoms with Crippen LogP contribution in [0.4, 0.5) is 0 Å². The van der Waals surface area contributed by atoms with E-state index in [0.717, 1.165) is 5.56 Å². The van der Waals surface area contributed by atoms with E-state index in [-0.39, 0.29) is 19.0 Å². The van der Waals surface area contributed by atoms with Crippen molar-refractivity contribution in [3.63, 3.8) is 0 Å². The molecule has 0 saturated carbocycles. The fraction of sp³-hybridized carbons (Fsp3) is 0.136. The molecule has 1 heterocycles. The Kier molecular flexibility index (Phi) is 6.40. The van der Waals surface area contributed by atoms with Crippen LogP contribution in [0.3, 0.4) is 0 Å². The lowest BCUT2D eigenvalue weighted by Crippen LogP contribution is -2.43. The summed E-state index contributed by atoms with van der Waals surface area (Å²) in [7, 11) is 0. The number of carboxylic acids is 1. The molecule has 2 N–H and O–H groups in total. The quantitative estimate of drug-likeness (QED) is 0.611. The molecule has 1 aromatic heterocycles. The van der Waals surface area contributed by atoms with E-state index in [1.54, 1.807) is 30.3 Å². The molecule has 1 amide bonds. The summed E-state index contributed by atoms with van der Waals surface area (Å²) in [5.74, 6) is -1.43. The number of nitrogens with zero attached hydrogens (tertiary/aromatic N) is 1. The lowest BCUT2D eigenvalue weighted by molar-refractivity contribution is -0.141. The normalized spacial score (nSPS) is 11.4. The Balaban J connectivity index is 1.60. The summed E-state index contributed by atoms with van der Waals surface area (Å²) in [4.78, 5) is 23.8. The monoisotopic (exact) mass is 390 g/mol. The fourth-order valence-electron chi connectivity index (χ4n) is 2.60. The molecule has 29 heavy (non-hydrogen) atoms. The zero-order valence-corrected chi connectivity index (χ0v) is 15.4. The van der Waals surface area contributed by atoms with Crippen molar-refractivity contribution in [2.24, 2.45) is 0 Å². The number of carbonyl (C=O) groups excluding carboxylic acids is 1. The number of carbonyl (C=O) groups is 2. The van der Waals surface area contributed by atoms with Crippen LogP contribution in [0.5, 0.6) is 0 Å². The molecule has 0 radical (unpaired) electrons. The maximum absolute atomic E-state index is 12.4. The van der Waals surface area contributed by atoms with E-state index in [4.69, 9.17) is 14.4 Å². The number of aliphatic carboxylic acids is 1. The second-order valence-electron chi connectivity index (χ2n) is 6.22. The Morgan fingerprint density at radius 3 is 2.45 bits per heavy atom. The molecule has 3 rings (SSSR count). The van der Waals surface area contributed by atoms with Gasteiger partial charge in [-0.3, -0.25) is 4.79 Å². The first-order chi connectivity index (χ1) is 14.1. The minimum Gasteiger partial charge on any atom is -0.480 e. The molecule has 0 aliphatic carbocycles. The lowest BCUT2D eigenvalue weighted by atomic mass is 10.1. The van der Waals surface area contributed by atoms with Crippen LogP contribution in [-0.4, -0.2) is 29.6 Å². The SMILES string of the molecule is N#Cc1ccc(-c2ccc(C(=O)NC(COCc3ccccc3)C(=O)O)o2)cc1. The van der Waals surface area contributed by atoms with E-state index in [1.165, 1.54) is 6.07 Å². The van der Waals surface area contributed by atoms with Gasteiger partial charge in [0.25, 0.3) is 5.91 Å². The number of ether oxygens (including phenoxy) is 1. The van der Waals surface area contributed by atoms with Crippen molar-refractivity contribution in [1.82, 2.24) is 5.32 Å². The summed E-state index contributed by atoms with van der Waals surface area (Å²) in [6, 6.07) is 19.9. The van der Waals surface area contributed by atoms with Crippen LogP contribution in [0, 0.1) is 11.3 Å². The van der Waals surface area contributed by atoms with Crippen LogP contribution in [0.15, 0.2) is 71.1 Å². The van der Waals surface area contributed by atoms with Gasteiger partial charge in [-0.05, 0) is 42.0 Å². The minimum absolute atomic E-state index is 0.0151. The Morgan fingerprint density at radius 1 is 1.07 bits per heavy atom. The molecule has 7 heteroatoms. The highest BCUT2D eigenvalue weighted by Gasteiger charge is 2.23. The fourth-order valence-corrected chi connectivity index (χ4v) is 2.60. The van der Waals surface area contributed by atoms with Crippen LogP contribution in [-0.2, 0) is 16.1 Å². The number of carboxylic acid groups (broad SMARTS) is 1. The first kappa shape index (κ1) is 19.9. The van der Waals surface area contributed by atoms with Gasteiger partial charge in [0, 0.05) is 5.56 Å². The van der Waals surface area contributed by atoms with E-state index in [0.29, 0.717) is 16.9 Å². The standard InChI is InChI=1S/C22H18N2O5/c23-12-15-6-8-17(9-7-15)19-10-11-20(29-19)21(25)24-18(22(26)27)14-28-13-16-4-2-1-3-5-16/h1-11,18H,13-14H2,(H,24,25)(H,26,27). The number of rotatable bonds is 8. The van der Waals surface area contributed by atoms with Crippen molar-refractivity contribution in [2.75, 3.05) is 6.61 Å². The Morgan fingerprint density at radius 2 is 1.79 bits per heavy atom. The van der Waals surface area contributed by atoms with Gasteiger partial charge >= 0.3 is 5.97 Å². The van der Waals surface area contributed by atoms with Crippen LogP contribution in [0.1, 0.15) is 21.7 Å². The van der Waals surface area contributed by atoms with Crippen molar-refractivity contribution in [3.8, 4) is 17.4 Å². The highest BCUT2D eigenvalue weighted by atomic mass is 16.5. The highest BCUT2D eigenvalue weighted by molar-refractivity contribution is 5.94. The molecule has 0 aliphatic rings. The number of hydrogen-bond acceptors (Lipinski definition) is 5. The van der Waals surface area contributed by atoms with Gasteiger partial charge in [0.1, 0.15) is 5.76 Å². The minimum atomic E-state index is -1.21. The Hall–Kier alpha value is -3.89. The van der Waals surface area contributed by atoms with Crippen LogP contribution < -0.4 is 5.32 Å². The molecular weight excluding hydrogens is 372 g/mol. The summed E-state index contributed by atoms with van der Waals surface area (Å²) in [5.41, 5.74) is 2.11. The van der Waals surface area contributed by atoms with Gasteiger partial charge in [-0.2, -0.15) is 5.26 Å². The van der Waals surface area contributed by atoms with Gasteiger partial charge in [0.2, 0.25) is 0 Å². The number of benzene rings is 2. The Bertz CT molecular complexity index is 1020. The van der Waals surface area contributed by atoms with E-state index >= 15 is 0 Å². The molecule has 3 aromatic rings. The first-order valence-corrected chi connectivity index (χ1v) is 8.82. The second-order valence-corrected chi connectivity index (χ2v) is 6.22. The molecule has 146 valence electrons. The van der Waals surface area contributed by atoms with Crippen LogP contribution in [0.25, 0.3) is 11.3 Å². The molecule has 0 saturated heterocycles. The van der Waals surface area contributed by atoms with Crippen LogP contribution >= 0.6 is 0 Å². The number of furan rings is 1. The predicted octanol–water partition coefficient (Wildman–Crippen LogP) is 3.22. The molecule has 0 spiro atoms. The molecule has 0 bridgehead atoms. The summed E-state index contributed by atoms with van der Waals surface area (Å²) < 4.78 is 11.0. The largest absolute Gasteiger partial charge is 0.480 e. The average molecular weight is 390 g/mol. The molecule has 7 nitrogen and oxygen atoms in total. The summed E-state index contributed by atoms with van der Waals surface area (Å²) in [6.07, 6.45) is 0. The Labute approximate surface area is 167 Å². The van der Waals surface area contributed by atoms with E-state index < -0.39 is 17.9 Å². The summed E-state index contributed by atoms with van der Waals surface area (Å²) in [5, 5.41) is 20.6. The van der Waals surface area contributed by atoms with Gasteiger partial charge in [-0.25, -0.2) is 4.79 Å². The van der Waals surface area contributed by atoms with Gasteiger partial charge in [0.05, 0.1) is 24.8 Å². The third-order valence-corrected chi connectivity index (χ3v) is 4.13. The molecule has 0 fully saturated rings. The number of nitriles is 1. The van der Waals surface area contributed by atoms with Gasteiger partial charge in [-0.15, -0.1) is 0 Å². The molecule has 2 aromatic carbocycles. The lowest BCUT2D eigenvalue weighted by Gasteiger charge is -2.14. The molecule has 0 aliphatic heterocycles. The van der Waals surface area contributed by atoms with Crippen LogP contribution in [0.2, 0.25) is 0 Å². The second kappa shape index (κ2) is 9.35. The van der Waals surface area contributed by atoms with E-state index in [9.17, 15) is 14.7 Å². The predicted molar refractivity (Wildman–Crippen MR) is 104 cm³/mol. The van der Waals surface area contributed by atoms with Crippen molar-refractivity contribution in [2.45, 2.75) is 12.6 Å². The van der Waals surface area contributed by atoms with Crippen molar-refractivity contribution >= 4 is 11.9 Å². The van der Waals surface area contributed by atoms with Gasteiger partial charge in [0.15, 0.2) is 11.8 Å². The maximum Gasteiger partial charge on any atom is 0.328 e. The van der Waals surface area contributed by atoms with Crippen molar-refractivity contribution in [3.05, 3.63) is 83.6 Å². The van der Waals surface area contributed by atoms with Crippen molar-refractivity contribution < 1.29 is 23.8 Å². The zero-order valence-electron chi connectivity index (χ0n) is 15.4. The molecule has 1 atom stereocenters. The highest BCUT2D eigenvalue weighted by Crippen LogP contribution is 2.22. The van der Waals surface area contributed by atoms with E-state index in [2.05, 4.69) is 5.32 Å². The smallest absolute Gasteiger partial charge is 0.328 e. The maximum atomic E-state index is 12.4. The zero-order chi connectivity index (χ0) is 20.6.